The molecule has 6 heteroatoms. The van der Waals surface area contributed by atoms with Gasteiger partial charge in [0.2, 0.25) is 11.8 Å². The Labute approximate surface area is 115 Å². The first kappa shape index (κ1) is 13.8. The number of likely N-dealkylation sites (tertiary alicyclic amines) is 1. The summed E-state index contributed by atoms with van der Waals surface area (Å²) in [6.07, 6.45) is 1.77. The molecule has 0 saturated carbocycles. The van der Waals surface area contributed by atoms with Gasteiger partial charge in [0.1, 0.15) is 12.2 Å². The summed E-state index contributed by atoms with van der Waals surface area (Å²) < 4.78 is 12.9. The van der Waals surface area contributed by atoms with E-state index in [1.165, 1.54) is 18.2 Å². The van der Waals surface area contributed by atoms with E-state index < -0.39 is 11.7 Å². The van der Waals surface area contributed by atoms with Crippen LogP contribution in [0.5, 0.6) is 0 Å². The minimum absolute atomic E-state index is 0.0660. The molecule has 1 aliphatic rings. The van der Waals surface area contributed by atoms with Crippen LogP contribution in [-0.2, 0) is 9.59 Å². The van der Waals surface area contributed by atoms with Crippen molar-refractivity contribution in [3.8, 4) is 0 Å². The standard InChI is InChI=1S/C13H14ClFN2O2/c14-10-7-9(3-4-11(10)15)16-12(18)8-13(19)17-5-1-2-6-17/h3-4,7H,1-2,5-6,8H2,(H,16,18). The molecular formula is C13H14ClFN2O2. The van der Waals surface area contributed by atoms with Gasteiger partial charge in [-0.3, -0.25) is 9.59 Å². The second-order valence-corrected chi connectivity index (χ2v) is 4.85. The lowest BCUT2D eigenvalue weighted by Gasteiger charge is -2.14. The Hall–Kier alpha value is -1.62. The lowest BCUT2D eigenvalue weighted by Crippen LogP contribution is -2.31. The average Bonchev–Trinajstić information content (AvgIpc) is 2.87. The molecule has 2 rings (SSSR count). The molecule has 1 heterocycles. The minimum atomic E-state index is -0.548. The molecule has 0 radical (unpaired) electrons. The van der Waals surface area contributed by atoms with Gasteiger partial charge in [-0.2, -0.15) is 0 Å². The number of hydrogen-bond donors (Lipinski definition) is 1. The van der Waals surface area contributed by atoms with E-state index in [9.17, 15) is 14.0 Å². The molecule has 102 valence electrons. The van der Waals surface area contributed by atoms with Gasteiger partial charge < -0.3 is 10.2 Å². The van der Waals surface area contributed by atoms with Crippen LogP contribution in [0.1, 0.15) is 19.3 Å². The topological polar surface area (TPSA) is 49.4 Å². The van der Waals surface area contributed by atoms with E-state index in [1.54, 1.807) is 4.90 Å². The molecule has 1 aromatic rings. The normalized spacial score (nSPS) is 14.5. The molecule has 1 N–H and O–H groups in total. The van der Waals surface area contributed by atoms with Gasteiger partial charge in [0, 0.05) is 18.8 Å². The first-order valence-electron chi connectivity index (χ1n) is 6.09. The van der Waals surface area contributed by atoms with Crippen LogP contribution in [0, 0.1) is 5.82 Å². The van der Waals surface area contributed by atoms with Crippen molar-refractivity contribution in [1.29, 1.82) is 0 Å². The van der Waals surface area contributed by atoms with Gasteiger partial charge in [-0.15, -0.1) is 0 Å². The van der Waals surface area contributed by atoms with E-state index in [1.807, 2.05) is 0 Å². The highest BCUT2D eigenvalue weighted by Gasteiger charge is 2.20. The number of benzene rings is 1. The maximum Gasteiger partial charge on any atom is 0.233 e. The van der Waals surface area contributed by atoms with Gasteiger partial charge in [-0.1, -0.05) is 11.6 Å². The van der Waals surface area contributed by atoms with Gasteiger partial charge in [0.15, 0.2) is 0 Å². The Bertz CT molecular complexity index is 501. The molecule has 0 aliphatic carbocycles. The van der Waals surface area contributed by atoms with E-state index in [0.29, 0.717) is 18.8 Å². The Morgan fingerprint density at radius 2 is 2.00 bits per heavy atom. The van der Waals surface area contributed by atoms with Crippen LogP contribution in [0.4, 0.5) is 10.1 Å². The van der Waals surface area contributed by atoms with Crippen molar-refractivity contribution < 1.29 is 14.0 Å². The fraction of sp³-hybridized carbons (Fsp3) is 0.385. The molecule has 1 fully saturated rings. The largest absolute Gasteiger partial charge is 0.342 e. The van der Waals surface area contributed by atoms with Crippen LogP contribution >= 0.6 is 11.6 Å². The number of halogens is 2. The molecule has 1 saturated heterocycles. The number of carbonyl (C=O) groups excluding carboxylic acids is 2. The number of nitrogens with zero attached hydrogens (tertiary/aromatic N) is 1. The fourth-order valence-electron chi connectivity index (χ4n) is 1.99. The van der Waals surface area contributed by atoms with Crippen LogP contribution < -0.4 is 5.32 Å². The van der Waals surface area contributed by atoms with Crippen LogP contribution in [0.3, 0.4) is 0 Å². The van der Waals surface area contributed by atoms with E-state index in [0.717, 1.165) is 12.8 Å². The maximum atomic E-state index is 12.9. The zero-order valence-corrected chi connectivity index (χ0v) is 11.0. The maximum absolute atomic E-state index is 12.9. The minimum Gasteiger partial charge on any atom is -0.342 e. The Kier molecular flexibility index (Phi) is 4.37. The average molecular weight is 285 g/mol. The van der Waals surface area contributed by atoms with Gasteiger partial charge in [-0.05, 0) is 31.0 Å². The lowest BCUT2D eigenvalue weighted by molar-refractivity contribution is -0.133. The number of rotatable bonds is 3. The highest BCUT2D eigenvalue weighted by molar-refractivity contribution is 6.31. The summed E-state index contributed by atoms with van der Waals surface area (Å²) in [7, 11) is 0. The van der Waals surface area contributed by atoms with Crippen LogP contribution in [0.15, 0.2) is 18.2 Å². The highest BCUT2D eigenvalue weighted by Crippen LogP contribution is 2.19. The third-order valence-electron chi connectivity index (χ3n) is 2.97. The summed E-state index contributed by atoms with van der Waals surface area (Å²) in [5, 5.41) is 2.46. The van der Waals surface area contributed by atoms with Crippen molar-refractivity contribution in [2.24, 2.45) is 0 Å². The summed E-state index contributed by atoms with van der Waals surface area (Å²) in [6.45, 7) is 1.43. The quantitative estimate of drug-likeness (QED) is 0.867. The van der Waals surface area contributed by atoms with Gasteiger partial charge in [0.05, 0.1) is 5.02 Å². The summed E-state index contributed by atoms with van der Waals surface area (Å²) >= 11 is 5.61. The molecule has 1 aliphatic heterocycles. The van der Waals surface area contributed by atoms with Crippen molar-refractivity contribution in [2.45, 2.75) is 19.3 Å². The van der Waals surface area contributed by atoms with Crippen molar-refractivity contribution in [2.75, 3.05) is 18.4 Å². The molecule has 4 nitrogen and oxygen atoms in total. The molecular weight excluding hydrogens is 271 g/mol. The molecule has 0 bridgehead atoms. The smallest absolute Gasteiger partial charge is 0.233 e. The van der Waals surface area contributed by atoms with Crippen LogP contribution in [0.2, 0.25) is 5.02 Å². The molecule has 1 aromatic carbocycles. The SMILES string of the molecule is O=C(CC(=O)N1CCCC1)Nc1ccc(F)c(Cl)c1. The van der Waals surface area contributed by atoms with Crippen molar-refractivity contribution in [3.05, 3.63) is 29.0 Å². The molecule has 2 amide bonds. The Balaban J connectivity index is 1.89. The Morgan fingerprint density at radius 3 is 2.63 bits per heavy atom. The zero-order valence-electron chi connectivity index (χ0n) is 10.3. The molecule has 0 atom stereocenters. The third-order valence-corrected chi connectivity index (χ3v) is 3.26. The van der Waals surface area contributed by atoms with Gasteiger partial charge in [-0.25, -0.2) is 4.39 Å². The molecule has 0 aromatic heterocycles. The first-order valence-corrected chi connectivity index (χ1v) is 6.47. The number of carbonyl (C=O) groups is 2. The second kappa shape index (κ2) is 6.02. The Morgan fingerprint density at radius 1 is 1.32 bits per heavy atom. The van der Waals surface area contributed by atoms with E-state index >= 15 is 0 Å². The van der Waals surface area contributed by atoms with Gasteiger partial charge in [0.25, 0.3) is 0 Å². The second-order valence-electron chi connectivity index (χ2n) is 4.44. The summed E-state index contributed by atoms with van der Waals surface area (Å²) in [6, 6.07) is 3.88. The summed E-state index contributed by atoms with van der Waals surface area (Å²) in [5.41, 5.74) is 0.380. The van der Waals surface area contributed by atoms with Crippen LogP contribution in [0.25, 0.3) is 0 Å². The summed E-state index contributed by atoms with van der Waals surface area (Å²) in [5.74, 6) is -1.14. The highest BCUT2D eigenvalue weighted by atomic mass is 35.5. The van der Waals surface area contributed by atoms with E-state index in [4.69, 9.17) is 11.6 Å². The molecule has 0 unspecified atom stereocenters. The van der Waals surface area contributed by atoms with Crippen molar-refractivity contribution in [1.82, 2.24) is 4.90 Å². The number of amides is 2. The summed E-state index contributed by atoms with van der Waals surface area (Å²) in [4.78, 5) is 25.1. The van der Waals surface area contributed by atoms with Crippen LogP contribution in [-0.4, -0.2) is 29.8 Å². The fourth-order valence-corrected chi connectivity index (χ4v) is 2.18. The van der Waals surface area contributed by atoms with Crippen molar-refractivity contribution in [3.63, 3.8) is 0 Å². The number of hydrogen-bond acceptors (Lipinski definition) is 2. The third kappa shape index (κ3) is 3.67. The lowest BCUT2D eigenvalue weighted by atomic mass is 10.3. The first-order chi connectivity index (χ1) is 9.06. The van der Waals surface area contributed by atoms with E-state index in [2.05, 4.69) is 5.32 Å². The predicted molar refractivity (Wildman–Crippen MR) is 70.5 cm³/mol. The number of anilines is 1. The number of nitrogens with one attached hydrogen (secondary N) is 1. The van der Waals surface area contributed by atoms with E-state index in [-0.39, 0.29) is 17.4 Å². The van der Waals surface area contributed by atoms with Gasteiger partial charge >= 0.3 is 0 Å². The predicted octanol–water partition coefficient (Wildman–Crippen LogP) is 2.43. The molecule has 0 spiro atoms. The molecule has 19 heavy (non-hydrogen) atoms. The van der Waals surface area contributed by atoms with Crippen molar-refractivity contribution >= 4 is 29.1 Å². The zero-order chi connectivity index (χ0) is 13.8. The monoisotopic (exact) mass is 284 g/mol.